The minimum atomic E-state index is -3.02. The molecule has 0 amide bonds. The van der Waals surface area contributed by atoms with E-state index in [1.54, 1.807) is 12.1 Å². The van der Waals surface area contributed by atoms with E-state index < -0.39 is 18.2 Å². The van der Waals surface area contributed by atoms with Gasteiger partial charge >= 0.3 is 18.2 Å². The number of fused-ring (bicyclic) bond motifs is 1. The van der Waals surface area contributed by atoms with Crippen molar-refractivity contribution in [1.29, 1.82) is 0 Å². The van der Waals surface area contributed by atoms with Crippen molar-refractivity contribution in [1.82, 2.24) is 0 Å². The number of halogens is 2. The molecule has 0 aliphatic carbocycles. The first kappa shape index (κ1) is 19.3. The lowest BCUT2D eigenvalue weighted by Crippen LogP contribution is -2.09. The number of hydrogen-bond acceptors (Lipinski definition) is 6. The standard InChI is InChI=1S/C20H16F2O6/c1-11-3-5-14-13(9-18(23)27-16(14)7-11)10-26-19(24)12-4-6-15(28-20(21)22)17(8-12)25-2/h3-9,20H,10H2,1-2H3. The third-order valence-corrected chi connectivity index (χ3v) is 3.96. The van der Waals surface area contributed by atoms with Crippen LogP contribution in [-0.2, 0) is 11.3 Å². The van der Waals surface area contributed by atoms with Crippen molar-refractivity contribution in [3.63, 3.8) is 0 Å². The lowest BCUT2D eigenvalue weighted by atomic mass is 10.1. The lowest BCUT2D eigenvalue weighted by Gasteiger charge is -2.11. The van der Waals surface area contributed by atoms with Crippen LogP contribution < -0.4 is 15.1 Å². The number of ether oxygens (including phenoxy) is 3. The molecule has 1 aromatic heterocycles. The molecule has 8 heteroatoms. The van der Waals surface area contributed by atoms with Crippen LogP contribution in [0.5, 0.6) is 11.5 Å². The molecule has 0 unspecified atom stereocenters. The van der Waals surface area contributed by atoms with Gasteiger partial charge in [0.05, 0.1) is 12.7 Å². The highest BCUT2D eigenvalue weighted by Gasteiger charge is 2.16. The number of carbonyl (C=O) groups is 1. The van der Waals surface area contributed by atoms with E-state index >= 15 is 0 Å². The number of alkyl halides is 2. The van der Waals surface area contributed by atoms with Crippen molar-refractivity contribution >= 4 is 16.9 Å². The fourth-order valence-electron chi connectivity index (χ4n) is 2.67. The van der Waals surface area contributed by atoms with Crippen LogP contribution in [0.1, 0.15) is 21.5 Å². The van der Waals surface area contributed by atoms with Gasteiger partial charge in [0, 0.05) is 17.0 Å². The van der Waals surface area contributed by atoms with Gasteiger partial charge in [0.2, 0.25) is 0 Å². The van der Waals surface area contributed by atoms with Crippen molar-refractivity contribution in [3.8, 4) is 11.5 Å². The molecule has 2 aromatic carbocycles. The predicted molar refractivity (Wildman–Crippen MR) is 96.0 cm³/mol. The van der Waals surface area contributed by atoms with E-state index in [2.05, 4.69) is 4.74 Å². The second kappa shape index (κ2) is 8.08. The Hall–Kier alpha value is -3.42. The molecule has 3 aromatic rings. The van der Waals surface area contributed by atoms with Crippen LogP contribution in [-0.4, -0.2) is 19.7 Å². The Bertz CT molecular complexity index is 1070. The summed E-state index contributed by atoms with van der Waals surface area (Å²) < 4.78 is 44.5. The summed E-state index contributed by atoms with van der Waals surface area (Å²) in [6, 6.07) is 10.3. The minimum Gasteiger partial charge on any atom is -0.493 e. The van der Waals surface area contributed by atoms with Gasteiger partial charge in [-0.1, -0.05) is 12.1 Å². The Morgan fingerprint density at radius 2 is 1.89 bits per heavy atom. The summed E-state index contributed by atoms with van der Waals surface area (Å²) in [5, 5.41) is 0.649. The van der Waals surface area contributed by atoms with Crippen molar-refractivity contribution in [2.45, 2.75) is 20.1 Å². The summed E-state index contributed by atoms with van der Waals surface area (Å²) in [4.78, 5) is 24.1. The fourth-order valence-corrected chi connectivity index (χ4v) is 2.67. The molecule has 6 nitrogen and oxygen atoms in total. The van der Waals surface area contributed by atoms with Gasteiger partial charge in [0.15, 0.2) is 11.5 Å². The van der Waals surface area contributed by atoms with Gasteiger partial charge in [0.1, 0.15) is 12.2 Å². The number of methoxy groups -OCH3 is 1. The zero-order chi connectivity index (χ0) is 20.3. The summed E-state index contributed by atoms with van der Waals surface area (Å²) >= 11 is 0. The molecule has 0 bridgehead atoms. The molecule has 0 atom stereocenters. The lowest BCUT2D eigenvalue weighted by molar-refractivity contribution is -0.0512. The Kier molecular flexibility index (Phi) is 5.58. The second-order valence-electron chi connectivity index (χ2n) is 5.91. The van der Waals surface area contributed by atoms with E-state index in [1.165, 1.54) is 31.4 Å². The molecule has 0 N–H and O–H groups in total. The molecule has 146 valence electrons. The first-order valence-electron chi connectivity index (χ1n) is 8.20. The highest BCUT2D eigenvalue weighted by molar-refractivity contribution is 5.90. The van der Waals surface area contributed by atoms with Crippen molar-refractivity contribution in [3.05, 3.63) is 69.6 Å². The van der Waals surface area contributed by atoms with E-state index in [9.17, 15) is 18.4 Å². The van der Waals surface area contributed by atoms with Gasteiger partial charge in [0.25, 0.3) is 0 Å². The van der Waals surface area contributed by atoms with E-state index in [4.69, 9.17) is 13.9 Å². The molecule has 0 aliphatic heterocycles. The second-order valence-corrected chi connectivity index (χ2v) is 5.91. The van der Waals surface area contributed by atoms with Gasteiger partial charge in [-0.2, -0.15) is 8.78 Å². The average molecular weight is 390 g/mol. The van der Waals surface area contributed by atoms with Gasteiger partial charge in [-0.05, 0) is 36.8 Å². The third kappa shape index (κ3) is 4.28. The molecule has 0 saturated carbocycles. The molecular formula is C20H16F2O6. The zero-order valence-electron chi connectivity index (χ0n) is 15.0. The Labute approximate surface area is 158 Å². The Balaban J connectivity index is 1.81. The summed E-state index contributed by atoms with van der Waals surface area (Å²) in [6.07, 6.45) is 0. The molecule has 1 heterocycles. The zero-order valence-corrected chi connectivity index (χ0v) is 15.0. The van der Waals surface area contributed by atoms with E-state index in [1.807, 2.05) is 13.0 Å². The average Bonchev–Trinajstić information content (AvgIpc) is 2.65. The molecule has 0 aliphatic rings. The Morgan fingerprint density at radius 1 is 1.11 bits per heavy atom. The summed E-state index contributed by atoms with van der Waals surface area (Å²) in [5.74, 6) is -0.942. The quantitative estimate of drug-likeness (QED) is 0.467. The smallest absolute Gasteiger partial charge is 0.387 e. The molecule has 28 heavy (non-hydrogen) atoms. The first-order chi connectivity index (χ1) is 13.4. The number of benzene rings is 2. The number of rotatable bonds is 6. The van der Waals surface area contributed by atoms with Crippen molar-refractivity contribution in [2.24, 2.45) is 0 Å². The topological polar surface area (TPSA) is 75.0 Å². The predicted octanol–water partition coefficient (Wildman–Crippen LogP) is 4.07. The molecule has 0 radical (unpaired) electrons. The number of hydrogen-bond donors (Lipinski definition) is 0. The van der Waals surface area contributed by atoms with Gasteiger partial charge < -0.3 is 18.6 Å². The van der Waals surface area contributed by atoms with Crippen LogP contribution in [0.4, 0.5) is 8.78 Å². The van der Waals surface area contributed by atoms with E-state index in [-0.39, 0.29) is 23.7 Å². The van der Waals surface area contributed by atoms with Crippen LogP contribution >= 0.6 is 0 Å². The van der Waals surface area contributed by atoms with Crippen LogP contribution in [0, 0.1) is 6.92 Å². The summed E-state index contributed by atoms with van der Waals surface area (Å²) in [7, 11) is 1.26. The monoisotopic (exact) mass is 390 g/mol. The largest absolute Gasteiger partial charge is 0.493 e. The van der Waals surface area contributed by atoms with Gasteiger partial charge in [-0.25, -0.2) is 9.59 Å². The van der Waals surface area contributed by atoms with E-state index in [0.29, 0.717) is 16.5 Å². The third-order valence-electron chi connectivity index (χ3n) is 3.96. The maximum absolute atomic E-state index is 12.4. The molecule has 3 rings (SSSR count). The highest BCUT2D eigenvalue weighted by atomic mass is 19.3. The first-order valence-corrected chi connectivity index (χ1v) is 8.20. The maximum atomic E-state index is 12.4. The molecule has 0 saturated heterocycles. The molecule has 0 spiro atoms. The van der Waals surface area contributed by atoms with Crippen LogP contribution in [0.2, 0.25) is 0 Å². The van der Waals surface area contributed by atoms with Crippen molar-refractivity contribution in [2.75, 3.05) is 7.11 Å². The van der Waals surface area contributed by atoms with Crippen molar-refractivity contribution < 1.29 is 32.2 Å². The molecular weight excluding hydrogens is 374 g/mol. The maximum Gasteiger partial charge on any atom is 0.387 e. The number of carbonyl (C=O) groups excluding carboxylic acids is 1. The number of aryl methyl sites for hydroxylation is 1. The number of esters is 1. The highest BCUT2D eigenvalue weighted by Crippen LogP contribution is 2.30. The fraction of sp³-hybridized carbons (Fsp3) is 0.200. The SMILES string of the molecule is COc1cc(C(=O)OCc2cc(=O)oc3cc(C)ccc23)ccc1OC(F)F. The van der Waals surface area contributed by atoms with Crippen LogP contribution in [0.25, 0.3) is 11.0 Å². The minimum absolute atomic E-state index is 0.0315. The Morgan fingerprint density at radius 3 is 2.61 bits per heavy atom. The van der Waals surface area contributed by atoms with Crippen LogP contribution in [0.3, 0.4) is 0 Å². The van der Waals surface area contributed by atoms with Gasteiger partial charge in [-0.15, -0.1) is 0 Å². The normalized spacial score (nSPS) is 10.9. The molecule has 0 fully saturated rings. The van der Waals surface area contributed by atoms with Gasteiger partial charge in [-0.3, -0.25) is 0 Å². The summed E-state index contributed by atoms with van der Waals surface area (Å²) in [5.41, 5.74) is 1.34. The van der Waals surface area contributed by atoms with E-state index in [0.717, 1.165) is 5.56 Å². The van der Waals surface area contributed by atoms with Crippen LogP contribution in [0.15, 0.2) is 51.7 Å². The summed E-state index contributed by atoms with van der Waals surface area (Å²) in [6.45, 7) is -1.32.